The van der Waals surface area contributed by atoms with Gasteiger partial charge in [0.15, 0.2) is 0 Å². The summed E-state index contributed by atoms with van der Waals surface area (Å²) in [5.41, 5.74) is 1.39. The van der Waals surface area contributed by atoms with Crippen molar-refractivity contribution in [3.63, 3.8) is 0 Å². The number of Topliss-reactive ketones (excluding diaryl/α,β-unsaturated/α-hetero) is 1. The van der Waals surface area contributed by atoms with Gasteiger partial charge in [-0.2, -0.15) is 0 Å². The first-order valence-corrected chi connectivity index (χ1v) is 8.69. The molecule has 1 aromatic rings. The van der Waals surface area contributed by atoms with Crippen LogP contribution in [-0.4, -0.2) is 23.6 Å². The van der Waals surface area contributed by atoms with Crippen molar-refractivity contribution < 1.29 is 9.59 Å². The third kappa shape index (κ3) is 2.25. The normalized spacial score (nSPS) is 20.6. The summed E-state index contributed by atoms with van der Waals surface area (Å²) in [5.74, 6) is -0.763. The molecule has 0 aromatic heterocycles. The third-order valence-corrected chi connectivity index (χ3v) is 6.06. The second kappa shape index (κ2) is 5.26. The Bertz CT molecular complexity index is 579. The van der Waals surface area contributed by atoms with Gasteiger partial charge in [0.25, 0.3) is 11.7 Å². The second-order valence-electron chi connectivity index (χ2n) is 5.72. The fraction of sp³-hybridized carbons (Fsp3) is 0.467. The molecule has 0 unspecified atom stereocenters. The Balaban J connectivity index is 1.96. The van der Waals surface area contributed by atoms with Crippen molar-refractivity contribution in [3.8, 4) is 0 Å². The van der Waals surface area contributed by atoms with Crippen LogP contribution in [0.4, 0.5) is 5.69 Å². The van der Waals surface area contributed by atoms with Crippen molar-refractivity contribution in [3.05, 3.63) is 28.2 Å². The maximum absolute atomic E-state index is 12.3. The number of hydrogen-bond donors (Lipinski definition) is 0. The molecule has 106 valence electrons. The molecule has 1 amide bonds. The molecule has 1 aliphatic heterocycles. The van der Waals surface area contributed by atoms with E-state index in [0.29, 0.717) is 12.1 Å². The molecule has 0 spiro atoms. The smallest absolute Gasteiger partial charge is 0.299 e. The summed E-state index contributed by atoms with van der Waals surface area (Å²) in [6, 6.07) is 5.41. The molecule has 0 atom stereocenters. The zero-order valence-corrected chi connectivity index (χ0v) is 14.2. The minimum absolute atomic E-state index is 0.111. The van der Waals surface area contributed by atoms with E-state index in [9.17, 15) is 9.59 Å². The lowest BCUT2D eigenvalue weighted by atomic mass is 9.88. The minimum atomic E-state index is -0.384. The maximum Gasteiger partial charge on any atom is 0.299 e. The van der Waals surface area contributed by atoms with Gasteiger partial charge in [-0.15, -0.1) is 0 Å². The molecule has 1 saturated carbocycles. The molecular weight excluding hydrogens is 386 g/mol. The highest BCUT2D eigenvalue weighted by Crippen LogP contribution is 2.43. The van der Waals surface area contributed by atoms with Crippen molar-refractivity contribution >= 4 is 49.2 Å². The van der Waals surface area contributed by atoms with Crippen molar-refractivity contribution in [1.29, 1.82) is 0 Å². The van der Waals surface area contributed by atoms with Crippen LogP contribution >= 0.6 is 31.9 Å². The van der Waals surface area contributed by atoms with Gasteiger partial charge in [0.2, 0.25) is 0 Å². The molecule has 2 aliphatic rings. The lowest BCUT2D eigenvalue weighted by Crippen LogP contribution is -2.40. The van der Waals surface area contributed by atoms with E-state index in [2.05, 4.69) is 31.9 Å². The van der Waals surface area contributed by atoms with Crippen LogP contribution in [-0.2, 0) is 4.79 Å². The highest BCUT2D eigenvalue weighted by atomic mass is 79.9. The number of hydrogen-bond acceptors (Lipinski definition) is 2. The molecule has 1 aliphatic carbocycles. The predicted molar refractivity (Wildman–Crippen MR) is 85.5 cm³/mol. The number of halogens is 2. The van der Waals surface area contributed by atoms with E-state index in [-0.39, 0.29) is 17.1 Å². The van der Waals surface area contributed by atoms with Crippen LogP contribution in [0.25, 0.3) is 0 Å². The number of carbonyl (C=O) groups is 2. The van der Waals surface area contributed by atoms with Gasteiger partial charge in [-0.3, -0.25) is 9.59 Å². The van der Waals surface area contributed by atoms with E-state index >= 15 is 0 Å². The van der Waals surface area contributed by atoms with Gasteiger partial charge in [0.1, 0.15) is 0 Å². The largest absolute Gasteiger partial charge is 0.304 e. The summed E-state index contributed by atoms with van der Waals surface area (Å²) in [6.45, 7) is 0.631. The number of fused-ring (bicyclic) bond motifs is 1. The molecule has 1 fully saturated rings. The van der Waals surface area contributed by atoms with Gasteiger partial charge < -0.3 is 4.90 Å². The standard InChI is InChI=1S/C15H15Br2NO2/c16-8-15(5-1-2-6-15)9-18-12-7-10(17)3-4-11(12)13(19)14(18)20/h3-4,7H,1-2,5-6,8-9H2. The summed E-state index contributed by atoms with van der Waals surface area (Å²) >= 11 is 7.01. The number of benzene rings is 1. The molecule has 20 heavy (non-hydrogen) atoms. The Kier molecular flexibility index (Phi) is 3.75. The van der Waals surface area contributed by atoms with E-state index < -0.39 is 0 Å². The number of amides is 1. The second-order valence-corrected chi connectivity index (χ2v) is 7.20. The lowest BCUT2D eigenvalue weighted by molar-refractivity contribution is -0.114. The fourth-order valence-corrected chi connectivity index (χ4v) is 4.31. The quantitative estimate of drug-likeness (QED) is 0.569. The fourth-order valence-electron chi connectivity index (χ4n) is 3.22. The van der Waals surface area contributed by atoms with Gasteiger partial charge in [0, 0.05) is 16.3 Å². The Hall–Kier alpha value is -0.680. The van der Waals surface area contributed by atoms with Crippen LogP contribution < -0.4 is 4.90 Å². The molecule has 5 heteroatoms. The summed E-state index contributed by atoms with van der Waals surface area (Å²) < 4.78 is 0.892. The van der Waals surface area contributed by atoms with Crippen LogP contribution in [0, 0.1) is 5.41 Å². The number of nitrogens with zero attached hydrogens (tertiary/aromatic N) is 1. The third-order valence-electron chi connectivity index (χ3n) is 4.38. The monoisotopic (exact) mass is 399 g/mol. The van der Waals surface area contributed by atoms with Gasteiger partial charge >= 0.3 is 0 Å². The van der Waals surface area contributed by atoms with Crippen LogP contribution in [0.1, 0.15) is 36.0 Å². The van der Waals surface area contributed by atoms with Crippen LogP contribution in [0.15, 0.2) is 22.7 Å². The molecule has 3 nitrogen and oxygen atoms in total. The molecule has 0 radical (unpaired) electrons. The summed E-state index contributed by atoms with van der Waals surface area (Å²) in [4.78, 5) is 26.0. The van der Waals surface area contributed by atoms with E-state index in [4.69, 9.17) is 0 Å². The van der Waals surface area contributed by atoms with Crippen LogP contribution in [0.3, 0.4) is 0 Å². The molecule has 0 bridgehead atoms. The Morgan fingerprint density at radius 1 is 1.20 bits per heavy atom. The summed E-state index contributed by atoms with van der Waals surface area (Å²) in [7, 11) is 0. The zero-order valence-electron chi connectivity index (χ0n) is 11.0. The Labute approximate surface area is 135 Å². The van der Waals surface area contributed by atoms with E-state index in [0.717, 1.165) is 28.3 Å². The first-order valence-electron chi connectivity index (χ1n) is 6.78. The van der Waals surface area contributed by atoms with Crippen molar-refractivity contribution in [2.45, 2.75) is 25.7 Å². The van der Waals surface area contributed by atoms with Crippen molar-refractivity contribution in [2.75, 3.05) is 16.8 Å². The first kappa shape index (κ1) is 14.3. The Morgan fingerprint density at radius 3 is 2.55 bits per heavy atom. The maximum atomic E-state index is 12.3. The van der Waals surface area contributed by atoms with E-state index in [1.54, 1.807) is 11.0 Å². The van der Waals surface area contributed by atoms with Gasteiger partial charge in [0.05, 0.1) is 11.3 Å². The summed E-state index contributed by atoms with van der Waals surface area (Å²) in [5, 5.41) is 0.876. The SMILES string of the molecule is O=C1C(=O)N(CC2(CBr)CCCC2)c2cc(Br)ccc21. The number of anilines is 1. The Morgan fingerprint density at radius 2 is 1.90 bits per heavy atom. The van der Waals surface area contributed by atoms with E-state index in [1.807, 2.05) is 12.1 Å². The van der Waals surface area contributed by atoms with Gasteiger partial charge in [-0.25, -0.2) is 0 Å². The van der Waals surface area contributed by atoms with Gasteiger partial charge in [-0.1, -0.05) is 44.7 Å². The zero-order chi connectivity index (χ0) is 14.3. The average Bonchev–Trinajstić information content (AvgIpc) is 3.00. The number of rotatable bonds is 3. The molecule has 1 aromatic carbocycles. The molecule has 1 heterocycles. The highest BCUT2D eigenvalue weighted by molar-refractivity contribution is 9.10. The lowest BCUT2D eigenvalue weighted by Gasteiger charge is -2.31. The number of alkyl halides is 1. The van der Waals surface area contributed by atoms with E-state index in [1.165, 1.54) is 12.8 Å². The molecular formula is C15H15Br2NO2. The minimum Gasteiger partial charge on any atom is -0.304 e. The van der Waals surface area contributed by atoms with Gasteiger partial charge in [-0.05, 0) is 36.5 Å². The molecule has 0 saturated heterocycles. The summed E-state index contributed by atoms with van der Waals surface area (Å²) in [6.07, 6.45) is 4.62. The topological polar surface area (TPSA) is 37.4 Å². The predicted octanol–water partition coefficient (Wildman–Crippen LogP) is 3.93. The highest BCUT2D eigenvalue weighted by Gasteiger charge is 2.42. The van der Waals surface area contributed by atoms with Crippen molar-refractivity contribution in [2.24, 2.45) is 5.41 Å². The first-order chi connectivity index (χ1) is 9.56. The number of ketones is 1. The van der Waals surface area contributed by atoms with Crippen LogP contribution in [0.2, 0.25) is 0 Å². The molecule has 0 N–H and O–H groups in total. The number of carbonyl (C=O) groups excluding carboxylic acids is 2. The molecule has 3 rings (SSSR count). The van der Waals surface area contributed by atoms with Crippen LogP contribution in [0.5, 0.6) is 0 Å². The average molecular weight is 401 g/mol. The van der Waals surface area contributed by atoms with Crippen molar-refractivity contribution in [1.82, 2.24) is 0 Å².